The van der Waals surface area contributed by atoms with Gasteiger partial charge < -0.3 is 9.67 Å². The van der Waals surface area contributed by atoms with Crippen LogP contribution in [0, 0.1) is 0 Å². The van der Waals surface area contributed by atoms with Crippen LogP contribution in [-0.4, -0.2) is 9.67 Å². The molecule has 0 saturated carbocycles. The van der Waals surface area contributed by atoms with Gasteiger partial charge in [0.1, 0.15) is 5.60 Å². The molecule has 0 saturated heterocycles. The van der Waals surface area contributed by atoms with E-state index in [1.165, 1.54) is 10.8 Å². The number of hydrogen-bond donors (Lipinski definition) is 1. The van der Waals surface area contributed by atoms with E-state index in [9.17, 15) is 5.11 Å². The third-order valence-electron chi connectivity index (χ3n) is 7.09. The number of nitrogens with zero attached hydrogens (tertiary/aromatic N) is 1. The first-order chi connectivity index (χ1) is 16.7. The lowest BCUT2D eigenvalue weighted by atomic mass is 9.83. The second-order valence-electron chi connectivity index (χ2n) is 8.83. The Kier molecular flexibility index (Phi) is 4.08. The summed E-state index contributed by atoms with van der Waals surface area (Å²) in [5.74, 6) is 0. The minimum atomic E-state index is -1.33. The Morgan fingerprint density at radius 1 is 0.559 bits per heavy atom. The van der Waals surface area contributed by atoms with Crippen molar-refractivity contribution < 1.29 is 5.11 Å². The van der Waals surface area contributed by atoms with Crippen molar-refractivity contribution in [2.24, 2.45) is 0 Å². The molecular weight excluding hydrogens is 438 g/mol. The summed E-state index contributed by atoms with van der Waals surface area (Å²) in [6.45, 7) is 0. The maximum atomic E-state index is 12.6. The standard InChI is InChI=1S/C31H20ClNO/c32-20-17-18-30(33-28-15-7-3-11-23(28)24-12-4-8-16-29(24)33)27(19-20)31(34)25-13-5-1-9-21(25)22-10-2-6-14-26(22)31/h1-19,34H. The van der Waals surface area contributed by atoms with Crippen molar-refractivity contribution in [3.05, 3.63) is 137 Å². The van der Waals surface area contributed by atoms with E-state index >= 15 is 0 Å². The van der Waals surface area contributed by atoms with E-state index < -0.39 is 5.60 Å². The average molecular weight is 458 g/mol. The molecule has 0 spiro atoms. The summed E-state index contributed by atoms with van der Waals surface area (Å²) in [7, 11) is 0. The van der Waals surface area contributed by atoms with Crippen molar-refractivity contribution in [3.8, 4) is 16.8 Å². The maximum absolute atomic E-state index is 12.6. The molecule has 5 aromatic carbocycles. The third-order valence-corrected chi connectivity index (χ3v) is 7.33. The number of aliphatic hydroxyl groups is 1. The fourth-order valence-electron chi connectivity index (χ4n) is 5.68. The molecule has 1 heterocycles. The molecule has 34 heavy (non-hydrogen) atoms. The van der Waals surface area contributed by atoms with Crippen molar-refractivity contribution in [2.75, 3.05) is 0 Å². The number of hydrogen-bond acceptors (Lipinski definition) is 1. The fraction of sp³-hybridized carbons (Fsp3) is 0.0323. The van der Waals surface area contributed by atoms with Crippen LogP contribution < -0.4 is 0 Å². The largest absolute Gasteiger partial charge is 0.376 e. The molecular formula is C31H20ClNO. The van der Waals surface area contributed by atoms with Crippen LogP contribution in [-0.2, 0) is 5.60 Å². The highest BCUT2D eigenvalue weighted by atomic mass is 35.5. The number of halogens is 1. The maximum Gasteiger partial charge on any atom is 0.143 e. The Morgan fingerprint density at radius 3 is 1.65 bits per heavy atom. The van der Waals surface area contributed by atoms with Crippen molar-refractivity contribution in [2.45, 2.75) is 5.60 Å². The van der Waals surface area contributed by atoms with Crippen molar-refractivity contribution in [1.29, 1.82) is 0 Å². The van der Waals surface area contributed by atoms with E-state index in [4.69, 9.17) is 11.6 Å². The van der Waals surface area contributed by atoms with E-state index in [2.05, 4.69) is 65.2 Å². The molecule has 0 radical (unpaired) electrons. The summed E-state index contributed by atoms with van der Waals surface area (Å²) in [6, 6.07) is 38.9. The first kappa shape index (κ1) is 19.6. The predicted octanol–water partition coefficient (Wildman–Crippen LogP) is 7.70. The van der Waals surface area contributed by atoms with Gasteiger partial charge in [-0.05, 0) is 41.5 Å². The van der Waals surface area contributed by atoms with Crippen LogP contribution in [0.2, 0.25) is 5.02 Å². The molecule has 1 aromatic heterocycles. The van der Waals surface area contributed by atoms with E-state index in [1.807, 2.05) is 54.6 Å². The van der Waals surface area contributed by atoms with Gasteiger partial charge in [0.25, 0.3) is 0 Å². The molecule has 0 unspecified atom stereocenters. The van der Waals surface area contributed by atoms with Gasteiger partial charge in [-0.2, -0.15) is 0 Å². The van der Waals surface area contributed by atoms with E-state index in [1.54, 1.807) is 0 Å². The minimum Gasteiger partial charge on any atom is -0.376 e. The second-order valence-corrected chi connectivity index (χ2v) is 9.27. The average Bonchev–Trinajstić information content (AvgIpc) is 3.36. The van der Waals surface area contributed by atoms with E-state index in [-0.39, 0.29) is 0 Å². The van der Waals surface area contributed by atoms with Gasteiger partial charge in [0.2, 0.25) is 0 Å². The molecule has 3 heteroatoms. The van der Waals surface area contributed by atoms with Crippen LogP contribution in [0.15, 0.2) is 115 Å². The Bertz CT molecular complexity index is 1650. The van der Waals surface area contributed by atoms with Gasteiger partial charge in [0.05, 0.1) is 16.7 Å². The van der Waals surface area contributed by atoms with Crippen LogP contribution in [0.3, 0.4) is 0 Å². The monoisotopic (exact) mass is 457 g/mol. The molecule has 0 bridgehead atoms. The molecule has 1 aliphatic carbocycles. The molecule has 0 atom stereocenters. The molecule has 0 amide bonds. The van der Waals surface area contributed by atoms with Gasteiger partial charge in [0, 0.05) is 32.5 Å². The van der Waals surface area contributed by atoms with Crippen LogP contribution >= 0.6 is 11.6 Å². The Labute approximate surface area is 202 Å². The highest BCUT2D eigenvalue weighted by Gasteiger charge is 2.44. The zero-order valence-corrected chi connectivity index (χ0v) is 19.0. The van der Waals surface area contributed by atoms with Gasteiger partial charge >= 0.3 is 0 Å². The van der Waals surface area contributed by atoms with Gasteiger partial charge in [-0.25, -0.2) is 0 Å². The Balaban J connectivity index is 1.63. The lowest BCUT2D eigenvalue weighted by Gasteiger charge is -2.29. The van der Waals surface area contributed by atoms with Crippen LogP contribution in [0.1, 0.15) is 16.7 Å². The van der Waals surface area contributed by atoms with Crippen LogP contribution in [0.25, 0.3) is 38.6 Å². The third kappa shape index (κ3) is 2.50. The lowest BCUT2D eigenvalue weighted by molar-refractivity contribution is 0.130. The van der Waals surface area contributed by atoms with E-state index in [0.717, 1.165) is 44.5 Å². The molecule has 0 aliphatic heterocycles. The summed E-state index contributed by atoms with van der Waals surface area (Å²) < 4.78 is 2.25. The van der Waals surface area contributed by atoms with Crippen LogP contribution in [0.5, 0.6) is 0 Å². The molecule has 1 N–H and O–H groups in total. The summed E-state index contributed by atoms with van der Waals surface area (Å²) in [5.41, 5.74) is 6.38. The van der Waals surface area contributed by atoms with E-state index in [0.29, 0.717) is 5.02 Å². The smallest absolute Gasteiger partial charge is 0.143 e. The van der Waals surface area contributed by atoms with Crippen molar-refractivity contribution in [3.63, 3.8) is 0 Å². The topological polar surface area (TPSA) is 25.2 Å². The number of fused-ring (bicyclic) bond motifs is 6. The van der Waals surface area contributed by atoms with Gasteiger partial charge in [-0.3, -0.25) is 0 Å². The summed E-state index contributed by atoms with van der Waals surface area (Å²) in [6.07, 6.45) is 0. The van der Waals surface area contributed by atoms with Crippen molar-refractivity contribution >= 4 is 33.4 Å². The minimum absolute atomic E-state index is 0.592. The van der Waals surface area contributed by atoms with Gasteiger partial charge in [0.15, 0.2) is 0 Å². The zero-order chi connectivity index (χ0) is 22.9. The number of rotatable bonds is 2. The molecule has 6 aromatic rings. The Hall–Kier alpha value is -3.85. The highest BCUT2D eigenvalue weighted by molar-refractivity contribution is 6.30. The van der Waals surface area contributed by atoms with Gasteiger partial charge in [-0.1, -0.05) is 96.5 Å². The molecule has 7 rings (SSSR count). The summed E-state index contributed by atoms with van der Waals surface area (Å²) in [5, 5.41) is 15.6. The first-order valence-electron chi connectivity index (χ1n) is 11.4. The summed E-state index contributed by atoms with van der Waals surface area (Å²) in [4.78, 5) is 0. The second kappa shape index (κ2) is 7.07. The lowest BCUT2D eigenvalue weighted by Crippen LogP contribution is -2.28. The Morgan fingerprint density at radius 2 is 1.06 bits per heavy atom. The quantitative estimate of drug-likeness (QED) is 0.283. The highest BCUT2D eigenvalue weighted by Crippen LogP contribution is 2.52. The first-order valence-corrected chi connectivity index (χ1v) is 11.8. The van der Waals surface area contributed by atoms with Crippen LogP contribution in [0.4, 0.5) is 0 Å². The van der Waals surface area contributed by atoms with Crippen molar-refractivity contribution in [1.82, 2.24) is 4.57 Å². The summed E-state index contributed by atoms with van der Waals surface area (Å²) >= 11 is 6.59. The molecule has 162 valence electrons. The zero-order valence-electron chi connectivity index (χ0n) is 18.2. The normalized spacial score (nSPS) is 13.8. The molecule has 0 fully saturated rings. The van der Waals surface area contributed by atoms with Gasteiger partial charge in [-0.15, -0.1) is 0 Å². The fourth-order valence-corrected chi connectivity index (χ4v) is 5.85. The SMILES string of the molecule is OC1(c2cc(Cl)ccc2-n2c3ccccc3c3ccccc32)c2ccccc2-c2ccccc21. The predicted molar refractivity (Wildman–Crippen MR) is 140 cm³/mol. The number of aromatic nitrogens is 1. The molecule has 2 nitrogen and oxygen atoms in total. The number of benzene rings is 5. The molecule has 1 aliphatic rings. The number of para-hydroxylation sites is 2.